The van der Waals surface area contributed by atoms with E-state index in [1.807, 2.05) is 35.9 Å². The van der Waals surface area contributed by atoms with Crippen LogP contribution in [0.25, 0.3) is 11.4 Å². The number of rotatable bonds is 5. The number of hydrogen-bond acceptors (Lipinski definition) is 5. The first-order valence-corrected chi connectivity index (χ1v) is 6.90. The molecule has 0 saturated heterocycles. The third-order valence-electron chi connectivity index (χ3n) is 2.85. The Hall–Kier alpha value is -2.02. The Morgan fingerprint density at radius 2 is 2.20 bits per heavy atom. The molecule has 106 valence electrons. The fourth-order valence-electron chi connectivity index (χ4n) is 1.65. The van der Waals surface area contributed by atoms with Crippen LogP contribution in [0.1, 0.15) is 6.92 Å². The van der Waals surface area contributed by atoms with E-state index < -0.39 is 0 Å². The number of primary amides is 1. The maximum atomic E-state index is 11.1. The van der Waals surface area contributed by atoms with Gasteiger partial charge in [0.25, 0.3) is 0 Å². The third-order valence-corrected chi connectivity index (χ3v) is 4.00. The lowest BCUT2D eigenvalue weighted by Gasteiger charge is -2.07. The van der Waals surface area contributed by atoms with E-state index in [9.17, 15) is 4.79 Å². The minimum Gasteiger partial charge on any atom is -0.497 e. The molecule has 1 heterocycles. The molecule has 7 heteroatoms. The normalized spacial score (nSPS) is 12.2. The number of thioether (sulfide) groups is 1. The van der Waals surface area contributed by atoms with E-state index in [0.717, 1.165) is 11.3 Å². The molecule has 1 amide bonds. The summed E-state index contributed by atoms with van der Waals surface area (Å²) in [5.41, 5.74) is 6.16. The first-order valence-electron chi connectivity index (χ1n) is 6.02. The van der Waals surface area contributed by atoms with Crippen LogP contribution in [0.15, 0.2) is 29.4 Å². The summed E-state index contributed by atoms with van der Waals surface area (Å²) in [5.74, 6) is 1.09. The predicted molar refractivity (Wildman–Crippen MR) is 77.5 cm³/mol. The number of nitrogens with two attached hydrogens (primary N) is 1. The Kier molecular flexibility index (Phi) is 4.29. The molecular weight excluding hydrogens is 276 g/mol. The molecule has 2 rings (SSSR count). The van der Waals surface area contributed by atoms with E-state index in [-0.39, 0.29) is 11.2 Å². The van der Waals surface area contributed by atoms with Crippen LogP contribution in [0.3, 0.4) is 0 Å². The minimum atomic E-state index is -0.374. The van der Waals surface area contributed by atoms with Crippen LogP contribution in [-0.2, 0) is 11.8 Å². The number of carbonyl (C=O) groups is 1. The molecule has 0 aliphatic heterocycles. The molecule has 0 aliphatic carbocycles. The number of benzene rings is 1. The second kappa shape index (κ2) is 5.96. The van der Waals surface area contributed by atoms with Gasteiger partial charge in [0.05, 0.1) is 12.4 Å². The van der Waals surface area contributed by atoms with Gasteiger partial charge in [-0.15, -0.1) is 10.2 Å². The highest BCUT2D eigenvalue weighted by Gasteiger charge is 2.17. The lowest BCUT2D eigenvalue weighted by atomic mass is 10.2. The summed E-state index contributed by atoms with van der Waals surface area (Å²) < 4.78 is 7.03. The number of aromatic nitrogens is 3. The van der Waals surface area contributed by atoms with Gasteiger partial charge in [-0.3, -0.25) is 4.79 Å². The molecule has 1 unspecified atom stereocenters. The van der Waals surface area contributed by atoms with Gasteiger partial charge in [-0.2, -0.15) is 0 Å². The Balaban J connectivity index is 2.30. The zero-order valence-electron chi connectivity index (χ0n) is 11.5. The summed E-state index contributed by atoms with van der Waals surface area (Å²) in [4.78, 5) is 11.1. The van der Waals surface area contributed by atoms with Crippen LogP contribution >= 0.6 is 11.8 Å². The van der Waals surface area contributed by atoms with Gasteiger partial charge in [0.1, 0.15) is 5.75 Å². The van der Waals surface area contributed by atoms with E-state index >= 15 is 0 Å². The van der Waals surface area contributed by atoms with Crippen LogP contribution < -0.4 is 10.5 Å². The summed E-state index contributed by atoms with van der Waals surface area (Å²) in [6, 6.07) is 7.57. The quantitative estimate of drug-likeness (QED) is 0.843. The topological polar surface area (TPSA) is 83.0 Å². The lowest BCUT2D eigenvalue weighted by molar-refractivity contribution is -0.117. The van der Waals surface area contributed by atoms with Crippen LogP contribution in [0.2, 0.25) is 0 Å². The highest BCUT2D eigenvalue weighted by Crippen LogP contribution is 2.27. The van der Waals surface area contributed by atoms with Gasteiger partial charge in [-0.05, 0) is 19.1 Å². The van der Waals surface area contributed by atoms with Crippen LogP contribution in [-0.4, -0.2) is 33.0 Å². The molecule has 6 nitrogen and oxygen atoms in total. The van der Waals surface area contributed by atoms with Crippen molar-refractivity contribution in [2.75, 3.05) is 7.11 Å². The van der Waals surface area contributed by atoms with Gasteiger partial charge in [-0.25, -0.2) is 0 Å². The van der Waals surface area contributed by atoms with Crippen molar-refractivity contribution < 1.29 is 9.53 Å². The summed E-state index contributed by atoms with van der Waals surface area (Å²) in [6.07, 6.45) is 0. The molecular formula is C13H16N4O2S. The molecule has 20 heavy (non-hydrogen) atoms. The Morgan fingerprint density at radius 3 is 2.85 bits per heavy atom. The molecule has 0 spiro atoms. The number of nitrogens with zero attached hydrogens (tertiary/aromatic N) is 3. The highest BCUT2D eigenvalue weighted by atomic mass is 32.2. The molecule has 0 fully saturated rings. The molecule has 2 N–H and O–H groups in total. The first-order chi connectivity index (χ1) is 9.52. The fourth-order valence-corrected chi connectivity index (χ4v) is 2.41. The standard InChI is InChI=1S/C13H16N4O2S/c1-8(11(14)18)20-13-16-15-12(17(13)2)9-5-4-6-10(7-9)19-3/h4-8H,1-3H3,(H2,14,18). The Bertz CT molecular complexity index is 627. The monoisotopic (exact) mass is 292 g/mol. The van der Waals surface area contributed by atoms with Crippen molar-refractivity contribution in [2.45, 2.75) is 17.3 Å². The van der Waals surface area contributed by atoms with E-state index in [2.05, 4.69) is 10.2 Å². The maximum Gasteiger partial charge on any atom is 0.230 e. The van der Waals surface area contributed by atoms with Crippen molar-refractivity contribution in [3.63, 3.8) is 0 Å². The molecule has 1 aromatic heterocycles. The maximum absolute atomic E-state index is 11.1. The van der Waals surface area contributed by atoms with Crippen molar-refractivity contribution in [3.8, 4) is 17.1 Å². The molecule has 1 aromatic carbocycles. The first kappa shape index (κ1) is 14.4. The molecule has 0 saturated carbocycles. The van der Waals surface area contributed by atoms with Gasteiger partial charge >= 0.3 is 0 Å². The second-order valence-electron chi connectivity index (χ2n) is 4.26. The van der Waals surface area contributed by atoms with E-state index in [1.165, 1.54) is 11.8 Å². The van der Waals surface area contributed by atoms with E-state index in [1.54, 1.807) is 14.0 Å². The number of methoxy groups -OCH3 is 1. The van der Waals surface area contributed by atoms with Crippen LogP contribution in [0.5, 0.6) is 5.75 Å². The number of carbonyl (C=O) groups excluding carboxylic acids is 1. The molecule has 0 aliphatic rings. The highest BCUT2D eigenvalue weighted by molar-refractivity contribution is 8.00. The fraction of sp³-hybridized carbons (Fsp3) is 0.308. The lowest BCUT2D eigenvalue weighted by Crippen LogP contribution is -2.22. The van der Waals surface area contributed by atoms with Gasteiger partial charge < -0.3 is 15.0 Å². The van der Waals surface area contributed by atoms with Gasteiger partial charge in [0.15, 0.2) is 11.0 Å². The smallest absolute Gasteiger partial charge is 0.230 e. The third kappa shape index (κ3) is 2.93. The summed E-state index contributed by atoms with van der Waals surface area (Å²) >= 11 is 1.29. The van der Waals surface area contributed by atoms with Crippen molar-refractivity contribution in [1.82, 2.24) is 14.8 Å². The van der Waals surface area contributed by atoms with Crippen molar-refractivity contribution in [2.24, 2.45) is 12.8 Å². The summed E-state index contributed by atoms with van der Waals surface area (Å²) in [5, 5.41) is 8.55. The molecule has 0 radical (unpaired) electrons. The summed E-state index contributed by atoms with van der Waals surface area (Å²) in [7, 11) is 3.47. The second-order valence-corrected chi connectivity index (χ2v) is 5.57. The predicted octanol–water partition coefficient (Wildman–Crippen LogP) is 1.46. The Morgan fingerprint density at radius 1 is 1.45 bits per heavy atom. The zero-order valence-corrected chi connectivity index (χ0v) is 12.3. The van der Waals surface area contributed by atoms with E-state index in [0.29, 0.717) is 11.0 Å². The zero-order chi connectivity index (χ0) is 14.7. The summed E-state index contributed by atoms with van der Waals surface area (Å²) in [6.45, 7) is 1.74. The van der Waals surface area contributed by atoms with Crippen LogP contribution in [0.4, 0.5) is 0 Å². The van der Waals surface area contributed by atoms with E-state index in [4.69, 9.17) is 10.5 Å². The SMILES string of the molecule is COc1cccc(-c2nnc(SC(C)C(N)=O)n2C)c1. The Labute approximate surface area is 121 Å². The van der Waals surface area contributed by atoms with Gasteiger partial charge in [0.2, 0.25) is 5.91 Å². The number of hydrogen-bond donors (Lipinski definition) is 1. The van der Waals surface area contributed by atoms with Crippen molar-refractivity contribution >= 4 is 17.7 Å². The molecule has 1 atom stereocenters. The molecule has 0 bridgehead atoms. The van der Waals surface area contributed by atoms with Crippen molar-refractivity contribution in [3.05, 3.63) is 24.3 Å². The van der Waals surface area contributed by atoms with Crippen LogP contribution in [0, 0.1) is 0 Å². The number of ether oxygens (including phenoxy) is 1. The largest absolute Gasteiger partial charge is 0.497 e. The minimum absolute atomic E-state index is 0.351. The average molecular weight is 292 g/mol. The molecule has 2 aromatic rings. The number of amides is 1. The van der Waals surface area contributed by atoms with Gasteiger partial charge in [-0.1, -0.05) is 23.9 Å². The van der Waals surface area contributed by atoms with Crippen molar-refractivity contribution in [1.29, 1.82) is 0 Å². The average Bonchev–Trinajstić information content (AvgIpc) is 2.80. The van der Waals surface area contributed by atoms with Gasteiger partial charge in [0, 0.05) is 12.6 Å².